The fraction of sp³-hybridized carbons (Fsp3) is 0.238. The third-order valence-corrected chi connectivity index (χ3v) is 6.05. The van der Waals surface area contributed by atoms with Crippen LogP contribution in [0.1, 0.15) is 25.5 Å². The molecule has 0 spiro atoms. The maximum absolute atomic E-state index is 12.9. The van der Waals surface area contributed by atoms with Gasteiger partial charge in [-0.25, -0.2) is 9.97 Å². The lowest BCUT2D eigenvalue weighted by Crippen LogP contribution is -2.14. The predicted molar refractivity (Wildman–Crippen MR) is 115 cm³/mol. The van der Waals surface area contributed by atoms with Gasteiger partial charge in [-0.1, -0.05) is 0 Å². The molecule has 3 aromatic heterocycles. The van der Waals surface area contributed by atoms with Crippen LogP contribution in [0.15, 0.2) is 60.3 Å². The number of hydrogen-bond acceptors (Lipinski definition) is 5. The van der Waals surface area contributed by atoms with Gasteiger partial charge in [0.15, 0.2) is 5.03 Å². The van der Waals surface area contributed by atoms with Gasteiger partial charge in [0.2, 0.25) is 0 Å². The van der Waals surface area contributed by atoms with E-state index in [2.05, 4.69) is 14.7 Å². The lowest BCUT2D eigenvalue weighted by molar-refractivity contribution is 0.417. The molecule has 0 bridgehead atoms. The first kappa shape index (κ1) is 20.0. The molecule has 0 fully saturated rings. The smallest absolute Gasteiger partial charge is 0.281 e. The molecule has 156 valence electrons. The van der Waals surface area contributed by atoms with Gasteiger partial charge in [-0.05, 0) is 56.7 Å². The van der Waals surface area contributed by atoms with E-state index in [-0.39, 0.29) is 11.1 Å². The van der Waals surface area contributed by atoms with Gasteiger partial charge in [-0.15, -0.1) is 0 Å². The van der Waals surface area contributed by atoms with E-state index in [1.807, 2.05) is 55.8 Å². The third-order valence-electron chi connectivity index (χ3n) is 4.80. The van der Waals surface area contributed by atoms with Crippen molar-refractivity contribution < 1.29 is 13.2 Å². The Balaban J connectivity index is 1.71. The number of sulfonamides is 1. The number of fused-ring (bicyclic) bond motifs is 1. The maximum atomic E-state index is 12.9. The molecular formula is C21H23N5O3S. The summed E-state index contributed by atoms with van der Waals surface area (Å²) in [6, 6.07) is 9.38. The van der Waals surface area contributed by atoms with Gasteiger partial charge in [-0.3, -0.25) is 4.72 Å². The summed E-state index contributed by atoms with van der Waals surface area (Å²) in [7, 11) is -2.38. The molecule has 0 amide bonds. The Labute approximate surface area is 175 Å². The van der Waals surface area contributed by atoms with Crippen molar-refractivity contribution in [3.8, 4) is 17.0 Å². The number of aryl methyl sites for hydroxylation is 1. The number of hydrogen-bond donors (Lipinski definition) is 1. The molecule has 0 atom stereocenters. The molecule has 3 heterocycles. The van der Waals surface area contributed by atoms with Crippen LogP contribution in [0.4, 0.5) is 5.69 Å². The Bertz CT molecular complexity index is 1320. The van der Waals surface area contributed by atoms with Crippen LogP contribution in [0.25, 0.3) is 16.9 Å². The molecular weight excluding hydrogens is 402 g/mol. The largest absolute Gasteiger partial charge is 0.495 e. The van der Waals surface area contributed by atoms with Gasteiger partial charge in [-0.2, -0.15) is 8.42 Å². The van der Waals surface area contributed by atoms with E-state index in [0.29, 0.717) is 11.4 Å². The highest BCUT2D eigenvalue weighted by atomic mass is 32.2. The van der Waals surface area contributed by atoms with Gasteiger partial charge in [0.1, 0.15) is 11.4 Å². The van der Waals surface area contributed by atoms with E-state index in [1.54, 1.807) is 16.7 Å². The van der Waals surface area contributed by atoms with Crippen molar-refractivity contribution in [2.45, 2.75) is 31.8 Å². The lowest BCUT2D eigenvalue weighted by atomic mass is 10.1. The van der Waals surface area contributed by atoms with Crippen molar-refractivity contribution >= 4 is 21.4 Å². The maximum Gasteiger partial charge on any atom is 0.281 e. The zero-order valence-corrected chi connectivity index (χ0v) is 18.0. The van der Waals surface area contributed by atoms with E-state index in [9.17, 15) is 8.42 Å². The van der Waals surface area contributed by atoms with E-state index >= 15 is 0 Å². The Morgan fingerprint density at radius 2 is 1.93 bits per heavy atom. The molecule has 0 aliphatic rings. The van der Waals surface area contributed by atoms with Gasteiger partial charge >= 0.3 is 0 Å². The van der Waals surface area contributed by atoms with Crippen LogP contribution in [-0.4, -0.2) is 34.5 Å². The fourth-order valence-electron chi connectivity index (χ4n) is 3.11. The average Bonchev–Trinajstić information content (AvgIpc) is 3.35. The normalized spacial score (nSPS) is 11.9. The second-order valence-electron chi connectivity index (χ2n) is 7.37. The van der Waals surface area contributed by atoms with Gasteiger partial charge in [0.05, 0.1) is 24.8 Å². The van der Waals surface area contributed by atoms with Crippen molar-refractivity contribution in [2.75, 3.05) is 11.8 Å². The summed E-state index contributed by atoms with van der Waals surface area (Å²) in [4.78, 5) is 8.68. The lowest BCUT2D eigenvalue weighted by Gasteiger charge is -2.12. The van der Waals surface area contributed by atoms with Crippen LogP contribution in [0.2, 0.25) is 0 Å². The number of nitrogens with one attached hydrogen (secondary N) is 1. The molecule has 8 nitrogen and oxygen atoms in total. The minimum absolute atomic E-state index is 0.0492. The highest BCUT2D eigenvalue weighted by Gasteiger charge is 2.21. The molecule has 0 radical (unpaired) electrons. The number of nitrogens with zero attached hydrogens (tertiary/aromatic N) is 4. The molecule has 4 aromatic rings. The molecule has 0 aliphatic heterocycles. The van der Waals surface area contributed by atoms with Crippen LogP contribution >= 0.6 is 0 Å². The molecule has 0 saturated carbocycles. The number of anilines is 1. The molecule has 9 heteroatoms. The zero-order chi connectivity index (χ0) is 21.5. The number of imidazole rings is 2. The van der Waals surface area contributed by atoms with E-state index < -0.39 is 10.0 Å². The Morgan fingerprint density at radius 3 is 2.63 bits per heavy atom. The minimum atomic E-state index is -3.88. The van der Waals surface area contributed by atoms with Crippen molar-refractivity contribution in [2.24, 2.45) is 0 Å². The standard InChI is InChI=1S/C21H23N5O3S/c1-14(2)26-12-21(22-13-26)30(27,28)24-17-10-16(5-6-19(17)29-4)18-11-25-8-7-15(3)9-20(25)23-18/h5-14,24H,1-4H3. The van der Waals surface area contributed by atoms with Gasteiger partial charge in [0.25, 0.3) is 10.0 Å². The van der Waals surface area contributed by atoms with Crippen molar-refractivity contribution in [3.63, 3.8) is 0 Å². The molecule has 1 aromatic carbocycles. The van der Waals surface area contributed by atoms with E-state index in [0.717, 1.165) is 22.5 Å². The Morgan fingerprint density at radius 1 is 1.13 bits per heavy atom. The van der Waals surface area contributed by atoms with Gasteiger partial charge < -0.3 is 13.7 Å². The van der Waals surface area contributed by atoms with E-state index in [4.69, 9.17) is 4.74 Å². The highest BCUT2D eigenvalue weighted by Crippen LogP contribution is 2.32. The first-order valence-corrected chi connectivity index (χ1v) is 11.0. The van der Waals surface area contributed by atoms with Crippen LogP contribution in [0.5, 0.6) is 5.75 Å². The molecule has 0 unspecified atom stereocenters. The molecule has 1 N–H and O–H groups in total. The third kappa shape index (κ3) is 3.76. The van der Waals surface area contributed by atoms with Crippen LogP contribution < -0.4 is 9.46 Å². The summed E-state index contributed by atoms with van der Waals surface area (Å²) in [5.74, 6) is 0.408. The van der Waals surface area contributed by atoms with Crippen molar-refractivity contribution in [1.82, 2.24) is 18.9 Å². The Hall–Kier alpha value is -3.33. The number of ether oxygens (including phenoxy) is 1. The van der Waals surface area contributed by atoms with Gasteiger partial charge in [0, 0.05) is 30.2 Å². The second-order valence-corrected chi connectivity index (χ2v) is 9.00. The number of methoxy groups -OCH3 is 1. The average molecular weight is 426 g/mol. The zero-order valence-electron chi connectivity index (χ0n) is 17.2. The quantitative estimate of drug-likeness (QED) is 0.506. The summed E-state index contributed by atoms with van der Waals surface area (Å²) >= 11 is 0. The summed E-state index contributed by atoms with van der Waals surface area (Å²) in [6.45, 7) is 5.91. The second kappa shape index (κ2) is 7.49. The monoisotopic (exact) mass is 425 g/mol. The summed E-state index contributed by atoms with van der Waals surface area (Å²) in [5.41, 5.74) is 3.75. The first-order valence-electron chi connectivity index (χ1n) is 9.47. The van der Waals surface area contributed by atoms with E-state index in [1.165, 1.54) is 19.6 Å². The van der Waals surface area contributed by atoms with Crippen molar-refractivity contribution in [1.29, 1.82) is 0 Å². The molecule has 0 saturated heterocycles. The van der Waals surface area contributed by atoms with Crippen LogP contribution in [0, 0.1) is 6.92 Å². The molecule has 30 heavy (non-hydrogen) atoms. The first-order chi connectivity index (χ1) is 14.3. The summed E-state index contributed by atoms with van der Waals surface area (Å²) in [5, 5.41) is -0.0492. The fourth-order valence-corrected chi connectivity index (χ4v) is 4.11. The topological polar surface area (TPSA) is 90.5 Å². The number of aromatic nitrogens is 4. The number of pyridine rings is 1. The minimum Gasteiger partial charge on any atom is -0.495 e. The molecule has 0 aliphatic carbocycles. The molecule has 4 rings (SSSR count). The SMILES string of the molecule is COc1ccc(-c2cn3ccc(C)cc3n2)cc1NS(=O)(=O)c1cn(C(C)C)cn1. The summed E-state index contributed by atoms with van der Waals surface area (Å²) < 4.78 is 37.4. The Kier molecular flexibility index (Phi) is 4.98. The summed E-state index contributed by atoms with van der Waals surface area (Å²) in [6.07, 6.45) is 6.86. The number of rotatable bonds is 6. The predicted octanol–water partition coefficient (Wildman–Crippen LogP) is 3.90. The number of benzene rings is 1. The van der Waals surface area contributed by atoms with Crippen LogP contribution in [-0.2, 0) is 10.0 Å². The van der Waals surface area contributed by atoms with Crippen LogP contribution in [0.3, 0.4) is 0 Å². The highest BCUT2D eigenvalue weighted by molar-refractivity contribution is 7.92. The van der Waals surface area contributed by atoms with Crippen molar-refractivity contribution in [3.05, 3.63) is 60.8 Å².